The summed E-state index contributed by atoms with van der Waals surface area (Å²) in [4.78, 5) is 13.1. The quantitative estimate of drug-likeness (QED) is 0.740. The van der Waals surface area contributed by atoms with Crippen LogP contribution in [0.3, 0.4) is 0 Å². The summed E-state index contributed by atoms with van der Waals surface area (Å²) in [6, 6.07) is 6.00. The molecule has 0 bridgehead atoms. The number of carbonyl (C=O) groups excluding carboxylic acids is 1. The van der Waals surface area contributed by atoms with Gasteiger partial charge >= 0.3 is 6.03 Å². The van der Waals surface area contributed by atoms with Crippen LogP contribution in [-0.2, 0) is 41.0 Å². The van der Waals surface area contributed by atoms with Crippen molar-refractivity contribution in [2.75, 3.05) is 11.6 Å². The summed E-state index contributed by atoms with van der Waals surface area (Å²) in [5.41, 5.74) is 3.32. The van der Waals surface area contributed by atoms with E-state index in [0.29, 0.717) is 40.1 Å². The maximum Gasteiger partial charge on any atom is 0.353 e. The van der Waals surface area contributed by atoms with Gasteiger partial charge in [-0.3, -0.25) is 0 Å². The maximum atomic E-state index is 14.8. The Labute approximate surface area is 176 Å². The van der Waals surface area contributed by atoms with E-state index in [1.54, 1.807) is 38.1 Å². The first-order chi connectivity index (χ1) is 14.1. The smallest absolute Gasteiger partial charge is 0.353 e. The highest BCUT2D eigenvalue weighted by atomic mass is 32.2. The number of halogens is 1. The van der Waals surface area contributed by atoms with E-state index in [0.717, 1.165) is 36.8 Å². The Morgan fingerprint density at radius 2 is 1.67 bits per heavy atom. The minimum atomic E-state index is -3.02. The molecule has 160 valence electrons. The lowest BCUT2D eigenvalue weighted by molar-refractivity contribution is 0.0784. The number of urea groups is 1. The monoisotopic (exact) mass is 430 g/mol. The summed E-state index contributed by atoms with van der Waals surface area (Å²) >= 11 is 0. The van der Waals surface area contributed by atoms with E-state index in [1.807, 2.05) is 0 Å². The number of anilines is 1. The Hall–Kier alpha value is -2.25. The first-order valence-electron chi connectivity index (χ1n) is 10.3. The normalized spacial score (nSPS) is 17.2. The Morgan fingerprint density at radius 1 is 1.10 bits per heavy atom. The van der Waals surface area contributed by atoms with Gasteiger partial charge in [0.2, 0.25) is 0 Å². The number of aliphatic hydroxyl groups is 1. The molecule has 2 amide bonds. The van der Waals surface area contributed by atoms with Gasteiger partial charge in [-0.25, -0.2) is 13.4 Å². The first kappa shape index (κ1) is 21.0. The second-order valence-corrected chi connectivity index (χ2v) is 11.0. The Balaban J connectivity index is 1.69. The number of hydrogen-bond acceptors (Lipinski definition) is 3. The van der Waals surface area contributed by atoms with Crippen molar-refractivity contribution in [1.82, 2.24) is 0 Å². The average molecular weight is 431 g/mol. The van der Waals surface area contributed by atoms with Crippen LogP contribution >= 0.6 is 0 Å². The molecule has 2 aliphatic rings. The van der Waals surface area contributed by atoms with E-state index in [2.05, 4.69) is 9.68 Å². The zero-order valence-electron chi connectivity index (χ0n) is 17.5. The molecule has 0 radical (unpaired) electrons. The van der Waals surface area contributed by atoms with Gasteiger partial charge in [-0.05, 0) is 92.3 Å². The second-order valence-electron chi connectivity index (χ2n) is 8.72. The molecule has 0 heterocycles. The molecule has 2 aliphatic carbocycles. The van der Waals surface area contributed by atoms with E-state index in [9.17, 15) is 18.5 Å². The van der Waals surface area contributed by atoms with Crippen molar-refractivity contribution in [2.45, 2.75) is 62.9 Å². The summed E-state index contributed by atoms with van der Waals surface area (Å²) in [7, 11) is -3.02. The van der Waals surface area contributed by atoms with Crippen LogP contribution in [0.4, 0.5) is 14.9 Å². The molecule has 2 N–H and O–H groups in total. The van der Waals surface area contributed by atoms with Crippen LogP contribution in [0, 0.1) is 5.82 Å². The van der Waals surface area contributed by atoms with Crippen LogP contribution in [0.25, 0.3) is 0 Å². The summed E-state index contributed by atoms with van der Waals surface area (Å²) in [6.45, 7) is 3.28. The van der Waals surface area contributed by atoms with Crippen LogP contribution in [0.5, 0.6) is 0 Å². The van der Waals surface area contributed by atoms with E-state index < -0.39 is 21.4 Å². The zero-order valence-corrected chi connectivity index (χ0v) is 18.4. The van der Waals surface area contributed by atoms with Crippen molar-refractivity contribution >= 4 is 21.4 Å². The molecule has 0 saturated heterocycles. The van der Waals surface area contributed by atoms with Gasteiger partial charge in [-0.1, -0.05) is 12.1 Å². The fraction of sp³-hybridized carbons (Fsp3) is 0.435. The van der Waals surface area contributed by atoms with Gasteiger partial charge in [0.05, 0.1) is 15.3 Å². The lowest BCUT2D eigenvalue weighted by Crippen LogP contribution is -2.17. The molecule has 0 spiro atoms. The molecule has 0 aliphatic heterocycles. The van der Waals surface area contributed by atoms with Gasteiger partial charge < -0.3 is 10.4 Å². The van der Waals surface area contributed by atoms with E-state index in [1.165, 1.54) is 6.26 Å². The number of benzene rings is 2. The maximum absolute atomic E-state index is 14.8. The number of nitrogens with zero attached hydrogens (tertiary/aromatic N) is 1. The van der Waals surface area contributed by atoms with Crippen molar-refractivity contribution in [3.63, 3.8) is 0 Å². The third-order valence-corrected chi connectivity index (χ3v) is 7.68. The SMILES string of the molecule is CC(C)(O)c1cccc([S@](C)(=O)=NC(=O)Nc2c3c(c(F)c4c2CCC4)CCC3)c1. The third kappa shape index (κ3) is 3.76. The summed E-state index contributed by atoms with van der Waals surface area (Å²) in [5.74, 6) is -0.104. The molecule has 2 aromatic carbocycles. The highest BCUT2D eigenvalue weighted by Crippen LogP contribution is 2.41. The number of hydrogen-bond donors (Lipinski definition) is 2. The third-order valence-electron chi connectivity index (χ3n) is 6.04. The second kappa shape index (κ2) is 7.46. The largest absolute Gasteiger partial charge is 0.386 e. The molecule has 4 rings (SSSR count). The fourth-order valence-electron chi connectivity index (χ4n) is 4.49. The lowest BCUT2D eigenvalue weighted by atomic mass is 9.98. The van der Waals surface area contributed by atoms with Gasteiger partial charge in [0, 0.05) is 16.8 Å². The van der Waals surface area contributed by atoms with Gasteiger partial charge in [0.1, 0.15) is 5.82 Å². The van der Waals surface area contributed by atoms with Crippen molar-refractivity contribution in [3.05, 3.63) is 57.9 Å². The number of rotatable bonds is 3. The Kier molecular flexibility index (Phi) is 5.22. The number of nitrogens with one attached hydrogen (secondary N) is 1. The van der Waals surface area contributed by atoms with Gasteiger partial charge in [-0.15, -0.1) is 4.36 Å². The van der Waals surface area contributed by atoms with Gasteiger partial charge in [0.15, 0.2) is 0 Å². The van der Waals surface area contributed by atoms with Crippen molar-refractivity contribution in [2.24, 2.45) is 4.36 Å². The standard InChI is InChI=1S/C23H27FN2O3S/c1-23(2,28)14-7-4-8-15(13-14)30(3,29)26-22(27)25-21-18-11-5-9-16(18)20(24)17-10-6-12-19(17)21/h4,7-8,13,28H,5-6,9-12H2,1-3H3,(H,25,27)/t30-/m0/s1. The highest BCUT2D eigenvalue weighted by molar-refractivity contribution is 7.93. The van der Waals surface area contributed by atoms with Crippen LogP contribution in [-0.4, -0.2) is 21.6 Å². The molecule has 30 heavy (non-hydrogen) atoms. The van der Waals surface area contributed by atoms with Crippen molar-refractivity contribution < 1.29 is 18.5 Å². The molecule has 0 aromatic heterocycles. The van der Waals surface area contributed by atoms with E-state index in [-0.39, 0.29) is 5.82 Å². The molecule has 0 fully saturated rings. The summed E-state index contributed by atoms with van der Waals surface area (Å²) in [5, 5.41) is 13.1. The van der Waals surface area contributed by atoms with E-state index in [4.69, 9.17) is 0 Å². The van der Waals surface area contributed by atoms with Crippen LogP contribution in [0.15, 0.2) is 33.5 Å². The van der Waals surface area contributed by atoms with Gasteiger partial charge in [-0.2, -0.15) is 0 Å². The minimum absolute atomic E-state index is 0.104. The Bertz CT molecular complexity index is 1120. The number of fused-ring (bicyclic) bond motifs is 2. The molecular weight excluding hydrogens is 403 g/mol. The predicted octanol–water partition coefficient (Wildman–Crippen LogP) is 4.72. The number of carbonyl (C=O) groups is 1. The minimum Gasteiger partial charge on any atom is -0.386 e. The average Bonchev–Trinajstić information content (AvgIpc) is 3.34. The molecule has 7 heteroatoms. The number of amides is 2. The van der Waals surface area contributed by atoms with Crippen molar-refractivity contribution in [3.8, 4) is 0 Å². The first-order valence-corrected chi connectivity index (χ1v) is 12.2. The molecule has 2 aromatic rings. The van der Waals surface area contributed by atoms with Crippen LogP contribution in [0.1, 0.15) is 54.5 Å². The summed E-state index contributed by atoms with van der Waals surface area (Å²) in [6.07, 6.45) is 5.96. The lowest BCUT2D eigenvalue weighted by Gasteiger charge is -2.19. The topological polar surface area (TPSA) is 78.8 Å². The predicted molar refractivity (Wildman–Crippen MR) is 116 cm³/mol. The molecular formula is C23H27FN2O3S. The zero-order chi connectivity index (χ0) is 21.7. The molecule has 0 saturated carbocycles. The van der Waals surface area contributed by atoms with Crippen LogP contribution in [0.2, 0.25) is 0 Å². The summed E-state index contributed by atoms with van der Waals surface area (Å²) < 4.78 is 32.0. The Morgan fingerprint density at radius 3 is 2.23 bits per heavy atom. The molecule has 0 unspecified atom stereocenters. The molecule has 1 atom stereocenters. The molecule has 5 nitrogen and oxygen atoms in total. The highest BCUT2D eigenvalue weighted by Gasteiger charge is 2.30. The van der Waals surface area contributed by atoms with Crippen molar-refractivity contribution in [1.29, 1.82) is 0 Å². The van der Waals surface area contributed by atoms with E-state index >= 15 is 0 Å². The fourth-order valence-corrected chi connectivity index (χ4v) is 5.64. The van der Waals surface area contributed by atoms with Crippen LogP contribution < -0.4 is 5.32 Å². The van der Waals surface area contributed by atoms with Gasteiger partial charge in [0.25, 0.3) is 0 Å².